The van der Waals surface area contributed by atoms with Gasteiger partial charge in [-0.3, -0.25) is 4.79 Å². The quantitative estimate of drug-likeness (QED) is 0.826. The van der Waals surface area contributed by atoms with E-state index in [9.17, 15) is 4.79 Å². The first kappa shape index (κ1) is 14.7. The van der Waals surface area contributed by atoms with Gasteiger partial charge in [-0.05, 0) is 44.0 Å². The predicted octanol–water partition coefficient (Wildman–Crippen LogP) is 1.43. The molecule has 20 heavy (non-hydrogen) atoms. The smallest absolute Gasteiger partial charge is 0.255 e. The number of carbonyl (C=O) groups is 1. The number of rotatable bonds is 6. The van der Waals surface area contributed by atoms with E-state index in [-0.39, 0.29) is 5.91 Å². The summed E-state index contributed by atoms with van der Waals surface area (Å²) in [5, 5.41) is 6.28. The van der Waals surface area contributed by atoms with Crippen LogP contribution < -0.4 is 20.1 Å². The summed E-state index contributed by atoms with van der Waals surface area (Å²) in [6.07, 6.45) is 2.21. The fourth-order valence-corrected chi connectivity index (χ4v) is 2.43. The molecular weight excluding hydrogens is 256 g/mol. The van der Waals surface area contributed by atoms with Crippen molar-refractivity contribution in [3.05, 3.63) is 23.8 Å². The second-order valence-corrected chi connectivity index (χ2v) is 4.97. The summed E-state index contributed by atoms with van der Waals surface area (Å²) in [6, 6.07) is 5.21. The third-order valence-electron chi connectivity index (χ3n) is 3.65. The summed E-state index contributed by atoms with van der Waals surface area (Å²) in [6.45, 7) is 2.84. The maximum absolute atomic E-state index is 12.2. The minimum Gasteiger partial charge on any atom is -0.497 e. The number of methoxy groups -OCH3 is 2. The van der Waals surface area contributed by atoms with Gasteiger partial charge in [-0.25, -0.2) is 0 Å². The van der Waals surface area contributed by atoms with E-state index in [0.29, 0.717) is 29.5 Å². The average molecular weight is 278 g/mol. The molecule has 0 aromatic heterocycles. The van der Waals surface area contributed by atoms with Gasteiger partial charge in [0.2, 0.25) is 0 Å². The lowest BCUT2D eigenvalue weighted by molar-refractivity contribution is 0.0948. The van der Waals surface area contributed by atoms with E-state index in [2.05, 4.69) is 10.6 Å². The molecule has 0 saturated carbocycles. The number of hydrogen-bond donors (Lipinski definition) is 2. The number of amides is 1. The molecular formula is C15H22N2O3. The van der Waals surface area contributed by atoms with Crippen molar-refractivity contribution in [1.82, 2.24) is 10.6 Å². The minimum absolute atomic E-state index is 0.101. The molecule has 5 heteroatoms. The fraction of sp³-hybridized carbons (Fsp3) is 0.533. The Morgan fingerprint density at radius 1 is 1.40 bits per heavy atom. The van der Waals surface area contributed by atoms with E-state index >= 15 is 0 Å². The molecule has 110 valence electrons. The van der Waals surface area contributed by atoms with Gasteiger partial charge >= 0.3 is 0 Å². The van der Waals surface area contributed by atoms with E-state index in [1.165, 1.54) is 6.42 Å². The van der Waals surface area contributed by atoms with Gasteiger partial charge in [-0.1, -0.05) is 0 Å². The van der Waals surface area contributed by atoms with Gasteiger partial charge in [0.15, 0.2) is 0 Å². The van der Waals surface area contributed by atoms with Crippen molar-refractivity contribution in [3.63, 3.8) is 0 Å². The van der Waals surface area contributed by atoms with Crippen molar-refractivity contribution < 1.29 is 14.3 Å². The lowest BCUT2D eigenvalue weighted by atomic mass is 10.1. The maximum Gasteiger partial charge on any atom is 0.255 e. The molecule has 2 rings (SSSR count). The van der Waals surface area contributed by atoms with Gasteiger partial charge < -0.3 is 20.1 Å². The van der Waals surface area contributed by atoms with Crippen LogP contribution in [0.1, 0.15) is 23.2 Å². The minimum atomic E-state index is -0.101. The van der Waals surface area contributed by atoms with Crippen LogP contribution in [0.25, 0.3) is 0 Å². The lowest BCUT2D eigenvalue weighted by Crippen LogP contribution is -2.26. The Labute approximate surface area is 119 Å². The molecule has 1 unspecified atom stereocenters. The standard InChI is InChI=1S/C15H22N2O3/c1-19-12-3-4-13(14(9-12)20-2)15(18)17-8-6-11-5-7-16-10-11/h3-4,9,11,16H,5-8,10H2,1-2H3,(H,17,18). The van der Waals surface area contributed by atoms with Crippen molar-refractivity contribution >= 4 is 5.91 Å². The Balaban J connectivity index is 1.90. The Hall–Kier alpha value is -1.75. The monoisotopic (exact) mass is 278 g/mol. The van der Waals surface area contributed by atoms with Crippen LogP contribution in [0.4, 0.5) is 0 Å². The van der Waals surface area contributed by atoms with E-state index in [1.54, 1.807) is 32.4 Å². The zero-order valence-electron chi connectivity index (χ0n) is 12.1. The Bertz CT molecular complexity index is 456. The van der Waals surface area contributed by atoms with Crippen molar-refractivity contribution in [2.24, 2.45) is 5.92 Å². The van der Waals surface area contributed by atoms with E-state index in [4.69, 9.17) is 9.47 Å². The second-order valence-electron chi connectivity index (χ2n) is 4.97. The molecule has 1 atom stereocenters. The molecule has 1 aromatic rings. The van der Waals surface area contributed by atoms with Crippen molar-refractivity contribution in [2.45, 2.75) is 12.8 Å². The van der Waals surface area contributed by atoms with Gasteiger partial charge in [0.25, 0.3) is 5.91 Å². The Morgan fingerprint density at radius 3 is 2.90 bits per heavy atom. The SMILES string of the molecule is COc1ccc(C(=O)NCCC2CCNC2)c(OC)c1. The molecule has 1 aliphatic heterocycles. The van der Waals surface area contributed by atoms with Gasteiger partial charge in [-0.2, -0.15) is 0 Å². The summed E-state index contributed by atoms with van der Waals surface area (Å²) in [7, 11) is 3.14. The number of carbonyl (C=O) groups excluding carboxylic acids is 1. The van der Waals surface area contributed by atoms with E-state index < -0.39 is 0 Å². The molecule has 1 heterocycles. The van der Waals surface area contributed by atoms with Crippen LogP contribution in [-0.4, -0.2) is 39.8 Å². The first-order chi connectivity index (χ1) is 9.74. The van der Waals surface area contributed by atoms with Crippen LogP contribution in [0.5, 0.6) is 11.5 Å². The van der Waals surface area contributed by atoms with Crippen LogP contribution in [0.15, 0.2) is 18.2 Å². The third-order valence-corrected chi connectivity index (χ3v) is 3.65. The number of nitrogens with one attached hydrogen (secondary N) is 2. The predicted molar refractivity (Wildman–Crippen MR) is 77.5 cm³/mol. The summed E-state index contributed by atoms with van der Waals surface area (Å²) in [5.74, 6) is 1.78. The molecule has 1 fully saturated rings. The zero-order valence-corrected chi connectivity index (χ0v) is 12.1. The number of hydrogen-bond acceptors (Lipinski definition) is 4. The van der Waals surface area contributed by atoms with E-state index in [0.717, 1.165) is 19.5 Å². The van der Waals surface area contributed by atoms with Crippen LogP contribution in [0.3, 0.4) is 0 Å². The summed E-state index contributed by atoms with van der Waals surface area (Å²) < 4.78 is 10.4. The third kappa shape index (κ3) is 3.63. The largest absolute Gasteiger partial charge is 0.497 e. The molecule has 1 aromatic carbocycles. The Kier molecular flexibility index (Phi) is 5.24. The summed E-state index contributed by atoms with van der Waals surface area (Å²) in [4.78, 5) is 12.2. The molecule has 1 aliphatic rings. The highest BCUT2D eigenvalue weighted by Gasteiger charge is 2.16. The molecule has 0 radical (unpaired) electrons. The highest BCUT2D eigenvalue weighted by molar-refractivity contribution is 5.97. The van der Waals surface area contributed by atoms with Crippen molar-refractivity contribution in [1.29, 1.82) is 0 Å². The summed E-state index contributed by atoms with van der Waals surface area (Å²) in [5.41, 5.74) is 0.540. The highest BCUT2D eigenvalue weighted by Crippen LogP contribution is 2.24. The van der Waals surface area contributed by atoms with Crippen LogP contribution in [-0.2, 0) is 0 Å². The molecule has 1 amide bonds. The fourth-order valence-electron chi connectivity index (χ4n) is 2.43. The van der Waals surface area contributed by atoms with Gasteiger partial charge in [0.05, 0.1) is 19.8 Å². The van der Waals surface area contributed by atoms with Crippen LogP contribution in [0, 0.1) is 5.92 Å². The van der Waals surface area contributed by atoms with Crippen LogP contribution >= 0.6 is 0 Å². The molecule has 0 aliphatic carbocycles. The zero-order chi connectivity index (χ0) is 14.4. The topological polar surface area (TPSA) is 59.6 Å². The number of benzene rings is 1. The summed E-state index contributed by atoms with van der Waals surface area (Å²) >= 11 is 0. The van der Waals surface area contributed by atoms with Crippen LogP contribution in [0.2, 0.25) is 0 Å². The number of ether oxygens (including phenoxy) is 2. The lowest BCUT2D eigenvalue weighted by Gasteiger charge is -2.12. The van der Waals surface area contributed by atoms with Crippen molar-refractivity contribution in [3.8, 4) is 11.5 Å². The molecule has 2 N–H and O–H groups in total. The Morgan fingerprint density at radius 2 is 2.25 bits per heavy atom. The first-order valence-corrected chi connectivity index (χ1v) is 6.95. The first-order valence-electron chi connectivity index (χ1n) is 6.95. The molecule has 5 nitrogen and oxygen atoms in total. The normalized spacial score (nSPS) is 17.8. The maximum atomic E-state index is 12.2. The molecule has 0 spiro atoms. The highest BCUT2D eigenvalue weighted by atomic mass is 16.5. The second kappa shape index (κ2) is 7.14. The molecule has 0 bridgehead atoms. The van der Waals surface area contributed by atoms with Gasteiger partial charge in [-0.15, -0.1) is 0 Å². The van der Waals surface area contributed by atoms with Gasteiger partial charge in [0.1, 0.15) is 11.5 Å². The average Bonchev–Trinajstić information content (AvgIpc) is 2.99. The van der Waals surface area contributed by atoms with E-state index in [1.807, 2.05) is 0 Å². The van der Waals surface area contributed by atoms with Gasteiger partial charge in [0, 0.05) is 12.6 Å². The molecule has 1 saturated heterocycles. The van der Waals surface area contributed by atoms with Crippen molar-refractivity contribution in [2.75, 3.05) is 33.9 Å².